The first-order valence-electron chi connectivity index (χ1n) is 8.29. The summed E-state index contributed by atoms with van der Waals surface area (Å²) in [5, 5.41) is -0.227. The van der Waals surface area contributed by atoms with Crippen LogP contribution in [0.15, 0.2) is 56.3 Å². The number of ether oxygens (including phenoxy) is 1. The molecule has 7 heteroatoms. The molecule has 0 aliphatic carbocycles. The van der Waals surface area contributed by atoms with Crippen LogP contribution in [0, 0.1) is 0 Å². The molecule has 0 aromatic heterocycles. The summed E-state index contributed by atoms with van der Waals surface area (Å²) in [7, 11) is 0. The van der Waals surface area contributed by atoms with E-state index in [1.165, 1.54) is 4.90 Å². The molecule has 0 atom stereocenters. The van der Waals surface area contributed by atoms with Crippen LogP contribution >= 0.6 is 43.6 Å². The standard InChI is InChI=1S/C20H17Br2NO3S/c1-12(2)23-19(24)18(27-20(23)25)10-14-5-8-17(16(22)9-14)26-11-13-3-6-15(21)7-4-13/h3-10,12H,11H2,1-2H3/b18-10+. The van der Waals surface area contributed by atoms with Gasteiger partial charge < -0.3 is 4.74 Å². The molecule has 4 nitrogen and oxygen atoms in total. The van der Waals surface area contributed by atoms with E-state index in [4.69, 9.17) is 4.74 Å². The van der Waals surface area contributed by atoms with Crippen LogP contribution in [0.1, 0.15) is 25.0 Å². The molecular weight excluding hydrogens is 494 g/mol. The smallest absolute Gasteiger partial charge is 0.293 e. The summed E-state index contributed by atoms with van der Waals surface area (Å²) < 4.78 is 7.67. The van der Waals surface area contributed by atoms with Crippen LogP contribution in [0.4, 0.5) is 4.79 Å². The summed E-state index contributed by atoms with van der Waals surface area (Å²) in [6.07, 6.45) is 1.73. The molecule has 3 rings (SSSR count). The average molecular weight is 511 g/mol. The van der Waals surface area contributed by atoms with Gasteiger partial charge in [-0.2, -0.15) is 0 Å². The maximum Gasteiger partial charge on any atom is 0.293 e. The van der Waals surface area contributed by atoms with Crippen LogP contribution in [0.5, 0.6) is 5.75 Å². The number of carbonyl (C=O) groups excluding carboxylic acids is 2. The highest BCUT2D eigenvalue weighted by Gasteiger charge is 2.36. The molecule has 0 saturated carbocycles. The molecule has 2 aromatic carbocycles. The zero-order valence-corrected chi connectivity index (χ0v) is 18.7. The minimum atomic E-state index is -0.244. The number of hydrogen-bond acceptors (Lipinski definition) is 4. The number of benzene rings is 2. The molecular formula is C20H17Br2NO3S. The lowest BCUT2D eigenvalue weighted by Gasteiger charge is -2.16. The summed E-state index contributed by atoms with van der Waals surface area (Å²) in [5.41, 5.74) is 1.89. The molecule has 1 saturated heterocycles. The van der Waals surface area contributed by atoms with Gasteiger partial charge >= 0.3 is 0 Å². The predicted molar refractivity (Wildman–Crippen MR) is 116 cm³/mol. The molecule has 140 valence electrons. The van der Waals surface area contributed by atoms with E-state index < -0.39 is 0 Å². The molecule has 0 N–H and O–H groups in total. The maximum atomic E-state index is 12.4. The Morgan fingerprint density at radius 2 is 1.81 bits per heavy atom. The molecule has 0 radical (unpaired) electrons. The number of halogens is 2. The second-order valence-corrected chi connectivity index (χ2v) is 9.01. The molecule has 2 aromatic rings. The van der Waals surface area contributed by atoms with Gasteiger partial charge in [0.25, 0.3) is 11.1 Å². The van der Waals surface area contributed by atoms with Crippen molar-refractivity contribution in [2.45, 2.75) is 26.5 Å². The highest BCUT2D eigenvalue weighted by molar-refractivity contribution is 9.10. The van der Waals surface area contributed by atoms with E-state index in [1.807, 2.05) is 56.3 Å². The van der Waals surface area contributed by atoms with Gasteiger partial charge in [0.15, 0.2) is 0 Å². The minimum absolute atomic E-state index is 0.149. The average Bonchev–Trinajstić information content (AvgIpc) is 2.89. The van der Waals surface area contributed by atoms with Crippen LogP contribution < -0.4 is 4.74 Å². The second-order valence-electron chi connectivity index (χ2n) is 6.25. The Bertz CT molecular complexity index is 910. The zero-order valence-electron chi connectivity index (χ0n) is 14.7. The van der Waals surface area contributed by atoms with Crippen molar-refractivity contribution in [1.29, 1.82) is 0 Å². The third kappa shape index (κ3) is 4.83. The van der Waals surface area contributed by atoms with Crippen LogP contribution in [-0.4, -0.2) is 22.1 Å². The summed E-state index contributed by atoms with van der Waals surface area (Å²) in [6.45, 7) is 4.11. The molecule has 1 aliphatic rings. The summed E-state index contributed by atoms with van der Waals surface area (Å²) in [6, 6.07) is 13.4. The SMILES string of the molecule is CC(C)N1C(=O)S/C(=C/c2ccc(OCc3ccc(Br)cc3)c(Br)c2)C1=O. The van der Waals surface area contributed by atoms with Crippen molar-refractivity contribution < 1.29 is 14.3 Å². The highest BCUT2D eigenvalue weighted by Crippen LogP contribution is 2.35. The fraction of sp³-hybridized carbons (Fsp3) is 0.200. The van der Waals surface area contributed by atoms with Gasteiger partial charge in [-0.15, -0.1) is 0 Å². The molecule has 0 spiro atoms. The number of hydrogen-bond donors (Lipinski definition) is 0. The van der Waals surface area contributed by atoms with Crippen molar-refractivity contribution in [3.05, 3.63) is 67.4 Å². The maximum absolute atomic E-state index is 12.4. The van der Waals surface area contributed by atoms with E-state index in [2.05, 4.69) is 31.9 Å². The first-order valence-corrected chi connectivity index (χ1v) is 10.7. The number of rotatable bonds is 5. The van der Waals surface area contributed by atoms with Gasteiger partial charge in [0, 0.05) is 10.5 Å². The summed E-state index contributed by atoms with van der Waals surface area (Å²) in [5.74, 6) is 0.469. The molecule has 0 bridgehead atoms. The van der Waals surface area contributed by atoms with E-state index in [1.54, 1.807) is 6.08 Å². The topological polar surface area (TPSA) is 46.6 Å². The van der Waals surface area contributed by atoms with E-state index in [0.717, 1.165) is 31.8 Å². The lowest BCUT2D eigenvalue weighted by Crippen LogP contribution is -2.34. The van der Waals surface area contributed by atoms with Gasteiger partial charge in [-0.1, -0.05) is 34.1 Å². The van der Waals surface area contributed by atoms with Crippen molar-refractivity contribution in [2.75, 3.05) is 0 Å². The first kappa shape index (κ1) is 20.2. The molecule has 27 heavy (non-hydrogen) atoms. The summed E-state index contributed by atoms with van der Waals surface area (Å²) in [4.78, 5) is 26.1. The Labute approximate surface area is 179 Å². The third-order valence-corrected chi connectivity index (χ3v) is 5.93. The Morgan fingerprint density at radius 1 is 1.11 bits per heavy atom. The number of nitrogens with zero attached hydrogens (tertiary/aromatic N) is 1. The van der Waals surface area contributed by atoms with Crippen molar-refractivity contribution in [3.63, 3.8) is 0 Å². The lowest BCUT2D eigenvalue weighted by atomic mass is 10.2. The van der Waals surface area contributed by atoms with E-state index in [-0.39, 0.29) is 17.2 Å². The number of thioether (sulfide) groups is 1. The normalized spacial score (nSPS) is 15.9. The molecule has 2 amide bonds. The van der Waals surface area contributed by atoms with Crippen molar-refractivity contribution in [2.24, 2.45) is 0 Å². The molecule has 1 heterocycles. The minimum Gasteiger partial charge on any atom is -0.488 e. The monoisotopic (exact) mass is 509 g/mol. The number of imide groups is 1. The molecule has 0 unspecified atom stereocenters. The lowest BCUT2D eigenvalue weighted by molar-refractivity contribution is -0.123. The third-order valence-electron chi connectivity index (χ3n) is 3.90. The fourth-order valence-corrected chi connectivity index (χ4v) is 4.28. The van der Waals surface area contributed by atoms with Crippen LogP contribution in [0.25, 0.3) is 6.08 Å². The van der Waals surface area contributed by atoms with E-state index >= 15 is 0 Å². The Morgan fingerprint density at radius 3 is 2.41 bits per heavy atom. The van der Waals surface area contributed by atoms with Crippen molar-refractivity contribution in [3.8, 4) is 5.75 Å². The van der Waals surface area contributed by atoms with Crippen LogP contribution in [0.3, 0.4) is 0 Å². The quantitative estimate of drug-likeness (QED) is 0.447. The van der Waals surface area contributed by atoms with Gasteiger partial charge in [0.1, 0.15) is 12.4 Å². The van der Waals surface area contributed by atoms with Gasteiger partial charge in [0.05, 0.1) is 9.38 Å². The Hall–Kier alpha value is -1.57. The van der Waals surface area contributed by atoms with Gasteiger partial charge in [-0.3, -0.25) is 14.5 Å². The predicted octanol–water partition coefficient (Wildman–Crippen LogP) is 6.24. The Balaban J connectivity index is 1.72. The van der Waals surface area contributed by atoms with Gasteiger partial charge in [-0.05, 0) is 83.0 Å². The van der Waals surface area contributed by atoms with Crippen LogP contribution in [0.2, 0.25) is 0 Å². The van der Waals surface area contributed by atoms with Crippen molar-refractivity contribution >= 4 is 60.8 Å². The first-order chi connectivity index (χ1) is 12.8. The molecule has 1 fully saturated rings. The summed E-state index contributed by atoms with van der Waals surface area (Å²) >= 11 is 7.90. The highest BCUT2D eigenvalue weighted by atomic mass is 79.9. The van der Waals surface area contributed by atoms with E-state index in [0.29, 0.717) is 17.3 Å². The van der Waals surface area contributed by atoms with Gasteiger partial charge in [0.2, 0.25) is 0 Å². The largest absolute Gasteiger partial charge is 0.488 e. The second kappa shape index (κ2) is 8.63. The molecule has 1 aliphatic heterocycles. The number of amides is 2. The number of carbonyl (C=O) groups is 2. The van der Waals surface area contributed by atoms with Gasteiger partial charge in [-0.25, -0.2) is 0 Å². The zero-order chi connectivity index (χ0) is 19.6. The van der Waals surface area contributed by atoms with Crippen molar-refractivity contribution in [1.82, 2.24) is 4.90 Å². The Kier molecular flexibility index (Phi) is 6.44. The fourth-order valence-electron chi connectivity index (χ4n) is 2.54. The van der Waals surface area contributed by atoms with Crippen LogP contribution in [-0.2, 0) is 11.4 Å². The van der Waals surface area contributed by atoms with E-state index in [9.17, 15) is 9.59 Å².